The Morgan fingerprint density at radius 1 is 0.315 bits per heavy atom. The zero-order chi connectivity index (χ0) is 35.6. The Balaban J connectivity index is 1.05. The number of rotatable bonds is 5. The van der Waals surface area contributed by atoms with E-state index in [0.29, 0.717) is 0 Å². The summed E-state index contributed by atoms with van der Waals surface area (Å²) in [5, 5.41) is 12.1. The highest BCUT2D eigenvalue weighted by Crippen LogP contribution is 2.44. The van der Waals surface area contributed by atoms with E-state index in [1.165, 1.54) is 48.8 Å². The van der Waals surface area contributed by atoms with Crippen LogP contribution in [-0.4, -0.2) is 0 Å². The van der Waals surface area contributed by atoms with Gasteiger partial charge in [0.25, 0.3) is 0 Å². The van der Waals surface area contributed by atoms with Gasteiger partial charge in [0, 0.05) is 33.1 Å². The first kappa shape index (κ1) is 30.5. The van der Waals surface area contributed by atoms with Crippen molar-refractivity contribution in [3.8, 4) is 22.3 Å². The first-order chi connectivity index (χ1) is 26.7. The Bertz CT molecular complexity index is 3230. The van der Waals surface area contributed by atoms with Gasteiger partial charge in [-0.15, -0.1) is 0 Å². The molecule has 0 saturated heterocycles. The number of furan rings is 1. The lowest BCUT2D eigenvalue weighted by Gasteiger charge is -2.28. The lowest BCUT2D eigenvalue weighted by Crippen LogP contribution is -2.11. The summed E-state index contributed by atoms with van der Waals surface area (Å²) in [4.78, 5) is 2.39. The molecular formula is C52H33NO. The highest BCUT2D eigenvalue weighted by molar-refractivity contribution is 6.16. The van der Waals surface area contributed by atoms with Gasteiger partial charge >= 0.3 is 0 Å². The number of benzene rings is 10. The quantitative estimate of drug-likeness (QED) is 0.168. The molecule has 54 heavy (non-hydrogen) atoms. The summed E-state index contributed by atoms with van der Waals surface area (Å²) in [6.45, 7) is 0. The van der Waals surface area contributed by atoms with Crippen molar-refractivity contribution in [2.45, 2.75) is 0 Å². The molecule has 0 unspecified atom stereocenters. The second kappa shape index (κ2) is 12.2. The Labute approximate surface area is 312 Å². The predicted molar refractivity (Wildman–Crippen MR) is 229 cm³/mol. The van der Waals surface area contributed by atoms with E-state index in [1.54, 1.807) is 0 Å². The average molecular weight is 688 g/mol. The molecule has 11 rings (SSSR count). The van der Waals surface area contributed by atoms with Gasteiger partial charge in [-0.3, -0.25) is 0 Å². The van der Waals surface area contributed by atoms with Crippen LogP contribution in [0, 0.1) is 0 Å². The molecule has 0 atom stereocenters. The van der Waals surface area contributed by atoms with Crippen LogP contribution in [0.3, 0.4) is 0 Å². The normalized spacial score (nSPS) is 11.7. The van der Waals surface area contributed by atoms with Crippen molar-refractivity contribution < 1.29 is 4.42 Å². The zero-order valence-corrected chi connectivity index (χ0v) is 29.4. The van der Waals surface area contributed by atoms with Crippen molar-refractivity contribution in [2.24, 2.45) is 0 Å². The molecule has 0 aliphatic carbocycles. The van der Waals surface area contributed by atoms with E-state index in [9.17, 15) is 0 Å². The fourth-order valence-corrected chi connectivity index (χ4v) is 8.32. The summed E-state index contributed by atoms with van der Waals surface area (Å²) in [5.41, 5.74) is 9.81. The fraction of sp³-hybridized carbons (Fsp3) is 0. The molecule has 11 aromatic rings. The van der Waals surface area contributed by atoms with Gasteiger partial charge in [0.05, 0.1) is 5.69 Å². The van der Waals surface area contributed by atoms with E-state index in [-0.39, 0.29) is 0 Å². The Kier molecular flexibility index (Phi) is 6.90. The summed E-state index contributed by atoms with van der Waals surface area (Å²) >= 11 is 0. The molecule has 0 amide bonds. The molecule has 0 radical (unpaired) electrons. The van der Waals surface area contributed by atoms with Crippen molar-refractivity contribution in [1.29, 1.82) is 0 Å². The third kappa shape index (κ3) is 4.96. The number of hydrogen-bond donors (Lipinski definition) is 0. The maximum atomic E-state index is 6.49. The molecule has 1 heterocycles. The Hall–Kier alpha value is -7.16. The van der Waals surface area contributed by atoms with Gasteiger partial charge in [0.2, 0.25) is 0 Å². The minimum atomic E-state index is 0.895. The SMILES string of the molecule is c1ccc(N(c2ccc(-c3ccc4c(ccc5ccccc54)c3)cc2)c2ccc3ccccc3c2)c(-c2ccc3oc4c5ccccc5ccc4c3c2)c1. The van der Waals surface area contributed by atoms with Gasteiger partial charge in [0.1, 0.15) is 11.2 Å². The van der Waals surface area contributed by atoms with Crippen molar-refractivity contribution in [3.05, 3.63) is 200 Å². The minimum Gasteiger partial charge on any atom is -0.455 e. The molecule has 0 spiro atoms. The predicted octanol–water partition coefficient (Wildman–Crippen LogP) is 15.0. The van der Waals surface area contributed by atoms with E-state index in [1.807, 2.05) is 0 Å². The summed E-state index contributed by atoms with van der Waals surface area (Å²) in [6.07, 6.45) is 0. The van der Waals surface area contributed by atoms with Gasteiger partial charge in [0.15, 0.2) is 0 Å². The molecular weight excluding hydrogens is 655 g/mol. The molecule has 2 heteroatoms. The van der Waals surface area contributed by atoms with E-state index < -0.39 is 0 Å². The third-order valence-corrected chi connectivity index (χ3v) is 11.0. The zero-order valence-electron chi connectivity index (χ0n) is 29.4. The highest BCUT2D eigenvalue weighted by Gasteiger charge is 2.19. The van der Waals surface area contributed by atoms with Gasteiger partial charge in [-0.1, -0.05) is 146 Å². The summed E-state index contributed by atoms with van der Waals surface area (Å²) < 4.78 is 6.49. The molecule has 2 nitrogen and oxygen atoms in total. The molecule has 10 aromatic carbocycles. The van der Waals surface area contributed by atoms with Gasteiger partial charge in [-0.25, -0.2) is 0 Å². The van der Waals surface area contributed by atoms with Crippen LogP contribution in [0.4, 0.5) is 17.1 Å². The molecule has 0 N–H and O–H groups in total. The van der Waals surface area contributed by atoms with Gasteiger partial charge in [-0.05, 0) is 109 Å². The molecule has 0 fully saturated rings. The maximum absolute atomic E-state index is 6.49. The van der Waals surface area contributed by atoms with E-state index in [0.717, 1.165) is 55.5 Å². The second-order valence-corrected chi connectivity index (χ2v) is 14.1. The van der Waals surface area contributed by atoms with Gasteiger partial charge < -0.3 is 9.32 Å². The number of anilines is 3. The van der Waals surface area contributed by atoms with Crippen LogP contribution in [0.25, 0.3) is 87.3 Å². The lowest BCUT2D eigenvalue weighted by molar-refractivity contribution is 0.672. The van der Waals surface area contributed by atoms with Crippen LogP contribution in [0.1, 0.15) is 0 Å². The van der Waals surface area contributed by atoms with Crippen LogP contribution < -0.4 is 4.90 Å². The van der Waals surface area contributed by atoms with E-state index in [4.69, 9.17) is 4.42 Å². The van der Waals surface area contributed by atoms with Crippen LogP contribution in [0.15, 0.2) is 205 Å². The average Bonchev–Trinajstić information content (AvgIpc) is 3.62. The third-order valence-electron chi connectivity index (χ3n) is 11.0. The van der Waals surface area contributed by atoms with Crippen molar-refractivity contribution in [3.63, 3.8) is 0 Å². The summed E-state index contributed by atoms with van der Waals surface area (Å²) in [7, 11) is 0. The molecule has 0 aliphatic rings. The Morgan fingerprint density at radius 3 is 1.78 bits per heavy atom. The number of fused-ring (bicyclic) bond motifs is 9. The first-order valence-electron chi connectivity index (χ1n) is 18.5. The summed E-state index contributed by atoms with van der Waals surface area (Å²) in [5.74, 6) is 0. The number of hydrogen-bond acceptors (Lipinski definition) is 2. The van der Waals surface area contributed by atoms with E-state index >= 15 is 0 Å². The van der Waals surface area contributed by atoms with Crippen molar-refractivity contribution >= 4 is 82.1 Å². The first-order valence-corrected chi connectivity index (χ1v) is 18.5. The topological polar surface area (TPSA) is 16.4 Å². The number of nitrogens with zero attached hydrogens (tertiary/aromatic N) is 1. The van der Waals surface area contributed by atoms with Crippen LogP contribution in [0.5, 0.6) is 0 Å². The molecule has 0 aliphatic heterocycles. The molecule has 0 saturated carbocycles. The lowest BCUT2D eigenvalue weighted by atomic mass is 9.97. The second-order valence-electron chi connectivity index (χ2n) is 14.1. The maximum Gasteiger partial charge on any atom is 0.143 e. The molecule has 252 valence electrons. The highest BCUT2D eigenvalue weighted by atomic mass is 16.3. The van der Waals surface area contributed by atoms with Gasteiger partial charge in [-0.2, -0.15) is 0 Å². The van der Waals surface area contributed by atoms with Crippen molar-refractivity contribution in [2.75, 3.05) is 4.90 Å². The molecule has 1 aromatic heterocycles. The van der Waals surface area contributed by atoms with Crippen LogP contribution in [0.2, 0.25) is 0 Å². The largest absolute Gasteiger partial charge is 0.455 e. The number of para-hydroxylation sites is 1. The van der Waals surface area contributed by atoms with Crippen LogP contribution >= 0.6 is 0 Å². The van der Waals surface area contributed by atoms with Crippen molar-refractivity contribution in [1.82, 2.24) is 0 Å². The smallest absolute Gasteiger partial charge is 0.143 e. The minimum absolute atomic E-state index is 0.895. The van der Waals surface area contributed by atoms with E-state index in [2.05, 4.69) is 205 Å². The Morgan fingerprint density at radius 2 is 0.907 bits per heavy atom. The van der Waals surface area contributed by atoms with Crippen LogP contribution in [-0.2, 0) is 0 Å². The monoisotopic (exact) mass is 687 g/mol. The standard InChI is InChI=1S/C52H33NO/c1-2-12-38-32-43(27-21-34(38)9-1)53(42-25-19-35(20-26-42)39-23-28-45-40(31-39)18-17-36-10-3-5-13-44(36)45)50-16-8-7-14-46(50)41-24-30-51-49(33-41)48-29-22-37-11-4-6-15-47(37)52(48)54-51/h1-33H. The molecule has 0 bridgehead atoms. The fourth-order valence-electron chi connectivity index (χ4n) is 8.32. The summed E-state index contributed by atoms with van der Waals surface area (Å²) in [6, 6.07) is 72.4.